The molecule has 2 heterocycles. The molecule has 3 heteroatoms. The Balaban J connectivity index is 2.17. The number of ether oxygens (including phenoxy) is 1. The van der Waals surface area contributed by atoms with Crippen LogP contribution in [0.15, 0.2) is 18.3 Å². The molecule has 0 aromatic carbocycles. The minimum absolute atomic E-state index is 0.313. The molecule has 1 fully saturated rings. The molecule has 112 valence electrons. The normalized spacial score (nSPS) is 31.4. The van der Waals surface area contributed by atoms with Gasteiger partial charge in [0.15, 0.2) is 0 Å². The van der Waals surface area contributed by atoms with E-state index >= 15 is 0 Å². The molecule has 0 radical (unpaired) electrons. The first kappa shape index (κ1) is 15.5. The maximum atomic E-state index is 6.02. The average Bonchev–Trinajstić information content (AvgIpc) is 2.65. The molecule has 0 spiro atoms. The van der Waals surface area contributed by atoms with Crippen LogP contribution in [0.2, 0.25) is 0 Å². The zero-order valence-electron chi connectivity index (χ0n) is 13.4. The highest BCUT2D eigenvalue weighted by atomic mass is 16.5. The Labute approximate surface area is 123 Å². The third-order valence-electron chi connectivity index (χ3n) is 4.78. The molecule has 0 amide bonds. The Kier molecular flexibility index (Phi) is 5.17. The molecule has 1 aliphatic rings. The molecule has 5 atom stereocenters. The number of likely N-dealkylation sites (N-methyl/N-ethyl adjacent to an activating group) is 1. The maximum Gasteiger partial charge on any atom is 0.0597 e. The van der Waals surface area contributed by atoms with Crippen LogP contribution in [0.3, 0.4) is 0 Å². The number of aryl methyl sites for hydroxylation is 1. The van der Waals surface area contributed by atoms with E-state index in [9.17, 15) is 0 Å². The van der Waals surface area contributed by atoms with Gasteiger partial charge in [0.25, 0.3) is 0 Å². The largest absolute Gasteiger partial charge is 0.375 e. The Hall–Kier alpha value is -0.930. The summed E-state index contributed by atoms with van der Waals surface area (Å²) in [6.45, 7) is 12.0. The lowest BCUT2D eigenvalue weighted by atomic mass is 9.81. The van der Waals surface area contributed by atoms with Crippen LogP contribution < -0.4 is 5.32 Å². The number of nitrogens with one attached hydrogen (secondary N) is 1. The lowest BCUT2D eigenvalue weighted by Crippen LogP contribution is -2.43. The van der Waals surface area contributed by atoms with Gasteiger partial charge < -0.3 is 10.1 Å². The van der Waals surface area contributed by atoms with Gasteiger partial charge in [-0.3, -0.25) is 4.98 Å². The Morgan fingerprint density at radius 3 is 2.60 bits per heavy atom. The lowest BCUT2D eigenvalue weighted by Gasteiger charge is -2.30. The van der Waals surface area contributed by atoms with Crippen LogP contribution in [-0.2, 0) is 11.2 Å². The van der Waals surface area contributed by atoms with Crippen molar-refractivity contribution in [3.8, 4) is 0 Å². The molecule has 1 saturated heterocycles. The van der Waals surface area contributed by atoms with Crippen LogP contribution in [0.25, 0.3) is 0 Å². The summed E-state index contributed by atoms with van der Waals surface area (Å²) in [5, 5.41) is 3.66. The fraction of sp³-hybridized carbons (Fsp3) is 0.706. The van der Waals surface area contributed by atoms with Gasteiger partial charge in [0.1, 0.15) is 0 Å². The van der Waals surface area contributed by atoms with Gasteiger partial charge in [-0.1, -0.05) is 19.9 Å². The fourth-order valence-corrected chi connectivity index (χ4v) is 3.53. The highest BCUT2D eigenvalue weighted by Crippen LogP contribution is 2.35. The average molecular weight is 276 g/mol. The van der Waals surface area contributed by atoms with E-state index in [4.69, 9.17) is 4.74 Å². The predicted octanol–water partition coefficient (Wildman–Crippen LogP) is 2.97. The van der Waals surface area contributed by atoms with E-state index in [0.717, 1.165) is 13.0 Å². The molecule has 1 aromatic heterocycles. The molecule has 2 rings (SSSR count). The first-order valence-electron chi connectivity index (χ1n) is 7.84. The molecular formula is C17H28N2O. The molecule has 1 aromatic rings. The molecule has 0 aliphatic carbocycles. The molecule has 3 nitrogen and oxygen atoms in total. The smallest absolute Gasteiger partial charge is 0.0597 e. The van der Waals surface area contributed by atoms with Crippen LogP contribution in [0.1, 0.15) is 39.0 Å². The van der Waals surface area contributed by atoms with Crippen molar-refractivity contribution in [2.45, 2.75) is 59.3 Å². The van der Waals surface area contributed by atoms with E-state index in [1.54, 1.807) is 0 Å². The summed E-state index contributed by atoms with van der Waals surface area (Å²) in [4.78, 5) is 4.56. The number of hydrogen-bond donors (Lipinski definition) is 1. The van der Waals surface area contributed by atoms with Crippen LogP contribution in [0, 0.1) is 18.8 Å². The minimum Gasteiger partial charge on any atom is -0.375 e. The SMILES string of the molecule is CCNC(Cc1ncccc1C)C1C(C)OC(C)C1C. The number of aromatic nitrogens is 1. The van der Waals surface area contributed by atoms with E-state index < -0.39 is 0 Å². The van der Waals surface area contributed by atoms with E-state index in [1.165, 1.54) is 11.3 Å². The summed E-state index contributed by atoms with van der Waals surface area (Å²) in [6, 6.07) is 4.59. The molecule has 1 N–H and O–H groups in total. The van der Waals surface area contributed by atoms with Crippen molar-refractivity contribution in [2.75, 3.05) is 6.54 Å². The topological polar surface area (TPSA) is 34.2 Å². The molecule has 20 heavy (non-hydrogen) atoms. The fourth-order valence-electron chi connectivity index (χ4n) is 3.53. The van der Waals surface area contributed by atoms with Crippen molar-refractivity contribution in [2.24, 2.45) is 11.8 Å². The number of nitrogens with zero attached hydrogens (tertiary/aromatic N) is 1. The van der Waals surface area contributed by atoms with Crippen LogP contribution in [0.4, 0.5) is 0 Å². The first-order chi connectivity index (χ1) is 9.54. The van der Waals surface area contributed by atoms with Crippen LogP contribution >= 0.6 is 0 Å². The third kappa shape index (κ3) is 3.21. The second-order valence-electron chi connectivity index (χ2n) is 6.12. The molecular weight excluding hydrogens is 248 g/mol. The summed E-state index contributed by atoms with van der Waals surface area (Å²) in [6.07, 6.45) is 3.54. The summed E-state index contributed by atoms with van der Waals surface area (Å²) in [7, 11) is 0. The second-order valence-corrected chi connectivity index (χ2v) is 6.12. The first-order valence-corrected chi connectivity index (χ1v) is 7.84. The highest BCUT2D eigenvalue weighted by molar-refractivity contribution is 5.19. The van der Waals surface area contributed by atoms with Crippen LogP contribution in [0.5, 0.6) is 0 Å². The Bertz CT molecular complexity index is 435. The van der Waals surface area contributed by atoms with Gasteiger partial charge in [0.2, 0.25) is 0 Å². The van der Waals surface area contributed by atoms with Crippen molar-refractivity contribution in [1.82, 2.24) is 10.3 Å². The van der Waals surface area contributed by atoms with Crippen molar-refractivity contribution in [1.29, 1.82) is 0 Å². The second kappa shape index (κ2) is 6.68. The Morgan fingerprint density at radius 2 is 2.05 bits per heavy atom. The molecule has 1 aliphatic heterocycles. The van der Waals surface area contributed by atoms with Crippen molar-refractivity contribution in [3.05, 3.63) is 29.6 Å². The summed E-state index contributed by atoms with van der Waals surface area (Å²) >= 11 is 0. The number of hydrogen-bond acceptors (Lipinski definition) is 3. The highest BCUT2D eigenvalue weighted by Gasteiger charge is 2.41. The molecule has 5 unspecified atom stereocenters. The zero-order chi connectivity index (χ0) is 14.7. The van der Waals surface area contributed by atoms with Crippen molar-refractivity contribution < 1.29 is 4.74 Å². The molecule has 0 bridgehead atoms. The quantitative estimate of drug-likeness (QED) is 0.898. The third-order valence-corrected chi connectivity index (χ3v) is 4.78. The van der Waals surface area contributed by atoms with E-state index in [-0.39, 0.29) is 0 Å². The van der Waals surface area contributed by atoms with Crippen LogP contribution in [-0.4, -0.2) is 29.8 Å². The van der Waals surface area contributed by atoms with Gasteiger partial charge in [-0.15, -0.1) is 0 Å². The monoisotopic (exact) mass is 276 g/mol. The van der Waals surface area contributed by atoms with E-state index in [1.807, 2.05) is 12.3 Å². The summed E-state index contributed by atoms with van der Waals surface area (Å²) in [5.41, 5.74) is 2.49. The molecule has 0 saturated carbocycles. The predicted molar refractivity (Wildman–Crippen MR) is 82.8 cm³/mol. The number of pyridine rings is 1. The number of rotatable bonds is 5. The van der Waals surface area contributed by atoms with E-state index in [2.05, 4.69) is 51.0 Å². The van der Waals surface area contributed by atoms with Gasteiger partial charge in [-0.2, -0.15) is 0 Å². The maximum absolute atomic E-state index is 6.02. The Morgan fingerprint density at radius 1 is 1.30 bits per heavy atom. The standard InChI is InChI=1S/C17H28N2O/c1-6-18-16(10-15-11(2)8-7-9-19-15)17-12(3)13(4)20-14(17)5/h7-9,12-14,16-18H,6,10H2,1-5H3. The van der Waals surface area contributed by atoms with Crippen molar-refractivity contribution >= 4 is 0 Å². The zero-order valence-corrected chi connectivity index (χ0v) is 13.4. The van der Waals surface area contributed by atoms with Gasteiger partial charge in [-0.05, 0) is 44.9 Å². The summed E-state index contributed by atoms with van der Waals surface area (Å²) < 4.78 is 6.02. The minimum atomic E-state index is 0.313. The van der Waals surface area contributed by atoms with Gasteiger partial charge in [0.05, 0.1) is 12.2 Å². The van der Waals surface area contributed by atoms with Gasteiger partial charge >= 0.3 is 0 Å². The lowest BCUT2D eigenvalue weighted by molar-refractivity contribution is 0.0476. The van der Waals surface area contributed by atoms with Crippen molar-refractivity contribution in [3.63, 3.8) is 0 Å². The van der Waals surface area contributed by atoms with Gasteiger partial charge in [0, 0.05) is 30.3 Å². The summed E-state index contributed by atoms with van der Waals surface area (Å²) in [5.74, 6) is 1.13. The van der Waals surface area contributed by atoms with Gasteiger partial charge in [-0.25, -0.2) is 0 Å². The van der Waals surface area contributed by atoms with E-state index in [0.29, 0.717) is 30.1 Å².